The molecule has 0 unspecified atom stereocenters. The Kier molecular flexibility index (Phi) is 18.2. The predicted molar refractivity (Wildman–Crippen MR) is 225 cm³/mol. The van der Waals surface area contributed by atoms with Crippen LogP contribution in [0.25, 0.3) is 29.9 Å². The van der Waals surface area contributed by atoms with Crippen molar-refractivity contribution in [3.05, 3.63) is 84.8 Å². The number of H-pyrrole nitrogens is 3. The molecule has 0 radical (unpaired) electrons. The van der Waals surface area contributed by atoms with Crippen molar-refractivity contribution in [3.63, 3.8) is 0 Å². The maximum absolute atomic E-state index is 12.3. The third kappa shape index (κ3) is 12.2. The van der Waals surface area contributed by atoms with Crippen molar-refractivity contribution in [1.29, 1.82) is 0 Å². The maximum atomic E-state index is 12.3. The highest BCUT2D eigenvalue weighted by Gasteiger charge is 2.36. The number of nitrogens with one attached hydrogen (secondary N) is 4. The van der Waals surface area contributed by atoms with Crippen molar-refractivity contribution in [1.82, 2.24) is 20.3 Å². The van der Waals surface area contributed by atoms with Gasteiger partial charge in [-0.1, -0.05) is 26.5 Å². The highest BCUT2D eigenvalue weighted by atomic mass is 16.6. The number of aromatic amines is 3. The molecule has 8 bridgehead atoms. The smallest absolute Gasteiger partial charge is 0.331 e. The largest absolute Gasteiger partial charge is 0.480 e. The Balaban J connectivity index is 0.000000527. The summed E-state index contributed by atoms with van der Waals surface area (Å²) in [5, 5.41) is 13.7. The first-order chi connectivity index (χ1) is 28.1. The number of ether oxygens (including phenoxy) is 5. The minimum absolute atomic E-state index is 0.0305. The van der Waals surface area contributed by atoms with Crippen LogP contribution in [0.2, 0.25) is 0 Å². The number of aliphatic carboxylic acids is 1. The van der Waals surface area contributed by atoms with Gasteiger partial charge in [0.1, 0.15) is 19.8 Å². The van der Waals surface area contributed by atoms with Crippen LogP contribution in [0.5, 0.6) is 0 Å². The Hall–Kier alpha value is -5.68. The van der Waals surface area contributed by atoms with Crippen LogP contribution in [-0.2, 0) is 49.3 Å². The van der Waals surface area contributed by atoms with Crippen LogP contribution in [-0.4, -0.2) is 91.4 Å². The number of allylic oxidation sites excluding steroid dienone is 2. The molecule has 0 aromatic carbocycles. The first-order valence-electron chi connectivity index (χ1n) is 19.3. The van der Waals surface area contributed by atoms with Crippen LogP contribution in [0.1, 0.15) is 89.8 Å². The van der Waals surface area contributed by atoms with Gasteiger partial charge in [-0.2, -0.15) is 0 Å². The van der Waals surface area contributed by atoms with Crippen molar-refractivity contribution in [2.75, 3.05) is 47.5 Å². The molecule has 59 heavy (non-hydrogen) atoms. The van der Waals surface area contributed by atoms with Gasteiger partial charge in [-0.15, -0.1) is 0 Å². The van der Waals surface area contributed by atoms with Crippen molar-refractivity contribution in [2.45, 2.75) is 67.7 Å². The molecular weight excluding hydrogens is 761 g/mol. The van der Waals surface area contributed by atoms with Crippen LogP contribution >= 0.6 is 0 Å². The van der Waals surface area contributed by atoms with E-state index in [0.717, 1.165) is 79.1 Å². The van der Waals surface area contributed by atoms with Crippen LogP contribution in [0.3, 0.4) is 0 Å². The third-order valence-electron chi connectivity index (χ3n) is 10.4. The van der Waals surface area contributed by atoms with Gasteiger partial charge in [-0.3, -0.25) is 9.59 Å². The van der Waals surface area contributed by atoms with Crippen LogP contribution in [0.15, 0.2) is 18.0 Å². The summed E-state index contributed by atoms with van der Waals surface area (Å²) in [6, 6.07) is 0. The van der Waals surface area contributed by atoms with Gasteiger partial charge in [0.25, 0.3) is 0 Å². The number of rotatable bonds is 13. The van der Waals surface area contributed by atoms with Crippen molar-refractivity contribution < 1.29 is 48.0 Å². The summed E-state index contributed by atoms with van der Waals surface area (Å²) in [6.07, 6.45) is 10.2. The molecule has 1 saturated heterocycles. The molecule has 0 amide bonds. The molecule has 1 fully saturated rings. The molecule has 2 aliphatic heterocycles. The second-order valence-electron chi connectivity index (χ2n) is 14.0. The molecule has 16 heteroatoms. The number of carboxylic acids is 1. The molecule has 3 aromatic rings. The van der Waals surface area contributed by atoms with Crippen LogP contribution in [0.4, 0.5) is 0 Å². The van der Waals surface area contributed by atoms with E-state index in [0.29, 0.717) is 6.42 Å². The average Bonchev–Trinajstić information content (AvgIpc) is 3.88. The van der Waals surface area contributed by atoms with Crippen molar-refractivity contribution >= 4 is 53.8 Å². The van der Waals surface area contributed by atoms with E-state index in [1.54, 1.807) is 0 Å². The number of aromatic nitrogens is 3. The molecule has 0 saturated carbocycles. The zero-order valence-electron chi connectivity index (χ0n) is 35.6. The molecule has 0 spiro atoms. The van der Waals surface area contributed by atoms with Gasteiger partial charge in [0.2, 0.25) is 0 Å². The first kappa shape index (κ1) is 47.7. The van der Waals surface area contributed by atoms with E-state index in [1.807, 2.05) is 6.08 Å². The Bertz CT molecular complexity index is 2190. The lowest BCUT2D eigenvalue weighted by molar-refractivity contribution is -0.146. The number of carbonyl (C=O) groups excluding carboxylic acids is 3. The van der Waals surface area contributed by atoms with E-state index < -0.39 is 11.9 Å². The van der Waals surface area contributed by atoms with Gasteiger partial charge < -0.3 is 60.5 Å². The lowest BCUT2D eigenvalue weighted by Gasteiger charge is -2.19. The summed E-state index contributed by atoms with van der Waals surface area (Å²) in [6.45, 7) is 18.1. The molecule has 3 aromatic heterocycles. The van der Waals surface area contributed by atoms with Gasteiger partial charge in [0.15, 0.2) is 0 Å². The number of carbonyl (C=O) groups is 4. The Labute approximate surface area is 344 Å². The summed E-state index contributed by atoms with van der Waals surface area (Å²) < 4.78 is 23.7. The second-order valence-corrected chi connectivity index (χ2v) is 14.0. The van der Waals surface area contributed by atoms with Gasteiger partial charge in [0, 0.05) is 75.5 Å². The molecule has 0 aliphatic carbocycles. The molecule has 2 atom stereocenters. The van der Waals surface area contributed by atoms with Gasteiger partial charge in [-0.25, -0.2) is 9.59 Å². The molecule has 5 rings (SSSR count). The second kappa shape index (κ2) is 22.5. The Morgan fingerprint density at radius 1 is 0.831 bits per heavy atom. The summed E-state index contributed by atoms with van der Waals surface area (Å²) >= 11 is 0. The highest BCUT2D eigenvalue weighted by molar-refractivity contribution is 5.78. The zero-order chi connectivity index (χ0) is 44.0. The number of fused-ring (bicyclic) bond motifs is 8. The van der Waals surface area contributed by atoms with Crippen molar-refractivity contribution in [3.8, 4) is 0 Å². The monoisotopic (exact) mass is 820 g/mol. The topological polar surface area (TPSA) is 246 Å². The minimum Gasteiger partial charge on any atom is -0.480 e. The van der Waals surface area contributed by atoms with Gasteiger partial charge in [0.05, 0.1) is 33.4 Å². The summed E-state index contributed by atoms with van der Waals surface area (Å²) in [5.74, 6) is -1.98. The molecular formula is C43H60N6O10. The summed E-state index contributed by atoms with van der Waals surface area (Å²) in [5.41, 5.74) is 23.3. The summed E-state index contributed by atoms with van der Waals surface area (Å²) in [7, 11) is 2.71. The fourth-order valence-corrected chi connectivity index (χ4v) is 7.05. The standard InChI is InChI=1S/C36H44N4O4.C4H9NO3.C3H7NO3/c1-10-24-20(5)29-14-31-22(7)26(12-13-34(42)43-9)36(40-31)27(17-44-23(8)41)35-19(4)18(3)28(39-35)15-32-25(11-2)21(6)30(38-32)16-33(24)37-29;1-7-4(6)2-8-3-5;4-2-7-1-3(5)6/h10,14-16,22,26,37-40H,1,11-13,17H2,2-9H3;2-3,5H2,1H3;1-2,4H2,(H,5,6)/t22-,26-;;/m0../s1. The van der Waals surface area contributed by atoms with E-state index in [9.17, 15) is 19.2 Å². The number of methoxy groups -OCH3 is 2. The van der Waals surface area contributed by atoms with E-state index in [1.165, 1.54) is 32.3 Å². The zero-order valence-corrected chi connectivity index (χ0v) is 35.6. The number of hydrogen-bond acceptors (Lipinski definition) is 12. The van der Waals surface area contributed by atoms with E-state index in [-0.39, 0.29) is 63.5 Å². The Morgan fingerprint density at radius 2 is 1.46 bits per heavy atom. The van der Waals surface area contributed by atoms with Crippen LogP contribution < -0.4 is 27.5 Å². The fourth-order valence-electron chi connectivity index (χ4n) is 7.05. The number of esters is 3. The highest BCUT2D eigenvalue weighted by Crippen LogP contribution is 2.42. The fraction of sp³-hybridized carbons (Fsp3) is 0.442. The predicted octanol–water partition coefficient (Wildman–Crippen LogP) is 3.30. The average molecular weight is 821 g/mol. The third-order valence-corrected chi connectivity index (χ3v) is 10.4. The quantitative estimate of drug-likeness (QED) is 0.0745. The molecule has 16 nitrogen and oxygen atoms in total. The number of nitrogens with two attached hydrogens (primary N) is 2. The van der Waals surface area contributed by atoms with E-state index in [2.05, 4.69) is 101 Å². The number of carboxylic acid groups (broad SMARTS) is 1. The van der Waals surface area contributed by atoms with E-state index in [4.69, 9.17) is 26.0 Å². The molecule has 322 valence electrons. The van der Waals surface area contributed by atoms with Gasteiger partial charge in [-0.05, 0) is 86.6 Å². The molecule has 9 N–H and O–H groups in total. The van der Waals surface area contributed by atoms with E-state index >= 15 is 0 Å². The Morgan fingerprint density at radius 3 is 2.02 bits per heavy atom. The van der Waals surface area contributed by atoms with Crippen molar-refractivity contribution in [2.24, 2.45) is 23.3 Å². The summed E-state index contributed by atoms with van der Waals surface area (Å²) in [4.78, 5) is 55.2. The lowest BCUT2D eigenvalue weighted by Crippen LogP contribution is -2.16. The lowest BCUT2D eigenvalue weighted by atomic mass is 9.86. The SMILES string of the molecule is C=Cc1c2[nH]c(c1C)C=C1NC(=C(COC(C)=O)c3[nH]c(c(C)c3C)C=c3[nH]c(c(C)c3CC)=C2)[C@@H](CCC(=O)OC)[C@@H]1C.COC(=O)COCN.NCOCC(=O)O. The maximum Gasteiger partial charge on any atom is 0.331 e. The molecule has 5 heterocycles. The normalized spacial score (nSPS) is 15.2. The van der Waals surface area contributed by atoms with Crippen LogP contribution in [0, 0.1) is 39.5 Å². The molecule has 2 aliphatic rings. The minimum atomic E-state index is -0.995. The number of hydrogen-bond donors (Lipinski definition) is 7. The first-order valence-corrected chi connectivity index (χ1v) is 19.3. The van der Waals surface area contributed by atoms with Gasteiger partial charge >= 0.3 is 23.9 Å².